The largest absolute Gasteiger partial charge is 0.493 e. The lowest BCUT2D eigenvalue weighted by atomic mass is 10.2. The molecule has 1 N–H and O–H groups in total. The number of esters is 1. The Morgan fingerprint density at radius 2 is 1.88 bits per heavy atom. The van der Waals surface area contributed by atoms with Gasteiger partial charge in [0.1, 0.15) is 23.7 Å². The summed E-state index contributed by atoms with van der Waals surface area (Å²) in [5, 5.41) is 0.495. The van der Waals surface area contributed by atoms with Crippen molar-refractivity contribution < 1.29 is 14.3 Å². The Kier molecular flexibility index (Phi) is 4.56. The first-order chi connectivity index (χ1) is 11.7. The summed E-state index contributed by atoms with van der Waals surface area (Å²) >= 11 is 0. The van der Waals surface area contributed by atoms with Crippen molar-refractivity contribution in [3.05, 3.63) is 70.3 Å². The number of carbonyl (C=O) groups is 1. The van der Waals surface area contributed by atoms with E-state index in [-0.39, 0.29) is 12.2 Å². The SMILES string of the molecule is CCOc1ccccc1C(=O)OCc1nc2ccccc2c(=O)[nH]1. The number of hydrogen-bond donors (Lipinski definition) is 1. The van der Waals surface area contributed by atoms with E-state index in [0.29, 0.717) is 34.6 Å². The molecule has 0 spiro atoms. The maximum Gasteiger partial charge on any atom is 0.342 e. The summed E-state index contributed by atoms with van der Waals surface area (Å²) in [7, 11) is 0. The van der Waals surface area contributed by atoms with Gasteiger partial charge in [-0.15, -0.1) is 0 Å². The quantitative estimate of drug-likeness (QED) is 0.730. The van der Waals surface area contributed by atoms with Crippen molar-refractivity contribution in [3.8, 4) is 5.75 Å². The molecule has 0 saturated carbocycles. The average molecular weight is 324 g/mol. The Balaban J connectivity index is 1.79. The van der Waals surface area contributed by atoms with Gasteiger partial charge >= 0.3 is 5.97 Å². The highest BCUT2D eigenvalue weighted by molar-refractivity contribution is 5.92. The molecular formula is C18H16N2O4. The molecule has 0 aliphatic carbocycles. The first-order valence-corrected chi connectivity index (χ1v) is 7.56. The maximum absolute atomic E-state index is 12.2. The van der Waals surface area contributed by atoms with Crippen LogP contribution in [0.15, 0.2) is 53.3 Å². The molecule has 0 bridgehead atoms. The van der Waals surface area contributed by atoms with Gasteiger partial charge in [0.15, 0.2) is 0 Å². The van der Waals surface area contributed by atoms with Crippen LogP contribution in [-0.2, 0) is 11.3 Å². The number of benzene rings is 2. The normalized spacial score (nSPS) is 10.5. The van der Waals surface area contributed by atoms with E-state index >= 15 is 0 Å². The summed E-state index contributed by atoms with van der Waals surface area (Å²) in [6, 6.07) is 13.8. The van der Waals surface area contributed by atoms with Crippen molar-refractivity contribution in [1.29, 1.82) is 0 Å². The summed E-state index contributed by atoms with van der Waals surface area (Å²) in [5.74, 6) is 0.223. The second-order valence-corrected chi connectivity index (χ2v) is 5.04. The first-order valence-electron chi connectivity index (χ1n) is 7.56. The Labute approximate surface area is 138 Å². The summed E-state index contributed by atoms with van der Waals surface area (Å²) < 4.78 is 10.7. The van der Waals surface area contributed by atoms with Crippen molar-refractivity contribution in [1.82, 2.24) is 9.97 Å². The molecule has 3 aromatic rings. The maximum atomic E-state index is 12.2. The minimum absolute atomic E-state index is 0.126. The number of H-pyrrole nitrogens is 1. The zero-order valence-corrected chi connectivity index (χ0v) is 13.1. The average Bonchev–Trinajstić information content (AvgIpc) is 2.60. The molecule has 6 heteroatoms. The number of fused-ring (bicyclic) bond motifs is 1. The highest BCUT2D eigenvalue weighted by Crippen LogP contribution is 2.19. The van der Waals surface area contributed by atoms with Crippen LogP contribution in [0.2, 0.25) is 0 Å². The predicted octanol–water partition coefficient (Wildman–Crippen LogP) is 2.68. The van der Waals surface area contributed by atoms with Crippen LogP contribution < -0.4 is 10.3 Å². The molecule has 6 nitrogen and oxygen atoms in total. The lowest BCUT2D eigenvalue weighted by Crippen LogP contribution is -2.15. The molecule has 0 aliphatic rings. The fourth-order valence-electron chi connectivity index (χ4n) is 2.33. The van der Waals surface area contributed by atoms with Crippen LogP contribution in [0, 0.1) is 0 Å². The molecule has 0 aliphatic heterocycles. The molecule has 0 saturated heterocycles. The third-order valence-electron chi connectivity index (χ3n) is 3.41. The molecule has 122 valence electrons. The monoisotopic (exact) mass is 324 g/mol. The fraction of sp³-hybridized carbons (Fsp3) is 0.167. The highest BCUT2D eigenvalue weighted by atomic mass is 16.5. The topological polar surface area (TPSA) is 81.3 Å². The number of aromatic nitrogens is 2. The molecule has 1 heterocycles. The van der Waals surface area contributed by atoms with Crippen LogP contribution >= 0.6 is 0 Å². The molecule has 1 aromatic heterocycles. The van der Waals surface area contributed by atoms with E-state index in [1.165, 1.54) is 0 Å². The van der Waals surface area contributed by atoms with Gasteiger partial charge < -0.3 is 14.5 Å². The number of carbonyl (C=O) groups excluding carboxylic acids is 1. The summed E-state index contributed by atoms with van der Waals surface area (Å²) in [4.78, 5) is 31.2. The summed E-state index contributed by atoms with van der Waals surface area (Å²) in [6.07, 6.45) is 0. The van der Waals surface area contributed by atoms with Gasteiger partial charge in [-0.2, -0.15) is 0 Å². The summed E-state index contributed by atoms with van der Waals surface area (Å²) in [6.45, 7) is 2.16. The van der Waals surface area contributed by atoms with Gasteiger partial charge in [-0.25, -0.2) is 9.78 Å². The second kappa shape index (κ2) is 6.95. The number of nitrogens with zero attached hydrogens (tertiary/aromatic N) is 1. The lowest BCUT2D eigenvalue weighted by Gasteiger charge is -2.09. The Morgan fingerprint density at radius 1 is 1.12 bits per heavy atom. The molecule has 0 atom stereocenters. The van der Waals surface area contributed by atoms with Crippen LogP contribution in [0.4, 0.5) is 0 Å². The molecule has 3 rings (SSSR count). The van der Waals surface area contributed by atoms with Gasteiger partial charge in [0.25, 0.3) is 5.56 Å². The van der Waals surface area contributed by atoms with Gasteiger partial charge in [0, 0.05) is 0 Å². The zero-order valence-electron chi connectivity index (χ0n) is 13.1. The van der Waals surface area contributed by atoms with E-state index in [1.807, 2.05) is 6.92 Å². The van der Waals surface area contributed by atoms with Crippen molar-refractivity contribution in [3.63, 3.8) is 0 Å². The van der Waals surface area contributed by atoms with Gasteiger partial charge in [0.05, 0.1) is 17.5 Å². The van der Waals surface area contributed by atoms with Crippen molar-refractivity contribution in [2.45, 2.75) is 13.5 Å². The first kappa shape index (κ1) is 15.7. The van der Waals surface area contributed by atoms with E-state index < -0.39 is 5.97 Å². The number of rotatable bonds is 5. The minimum atomic E-state index is -0.533. The Morgan fingerprint density at radius 3 is 2.71 bits per heavy atom. The number of aromatic amines is 1. The van der Waals surface area contributed by atoms with E-state index in [2.05, 4.69) is 9.97 Å². The van der Waals surface area contributed by atoms with Crippen LogP contribution in [0.3, 0.4) is 0 Å². The fourth-order valence-corrected chi connectivity index (χ4v) is 2.33. The number of para-hydroxylation sites is 2. The Hall–Kier alpha value is -3.15. The minimum Gasteiger partial charge on any atom is -0.493 e. The molecule has 0 radical (unpaired) electrons. The van der Waals surface area contributed by atoms with Crippen LogP contribution in [0.1, 0.15) is 23.1 Å². The van der Waals surface area contributed by atoms with Gasteiger partial charge in [0.2, 0.25) is 0 Å². The van der Waals surface area contributed by atoms with E-state index in [0.717, 1.165) is 0 Å². The predicted molar refractivity (Wildman–Crippen MR) is 89.1 cm³/mol. The van der Waals surface area contributed by atoms with E-state index in [4.69, 9.17) is 9.47 Å². The van der Waals surface area contributed by atoms with E-state index in [9.17, 15) is 9.59 Å². The molecule has 0 fully saturated rings. The van der Waals surface area contributed by atoms with E-state index in [1.54, 1.807) is 48.5 Å². The smallest absolute Gasteiger partial charge is 0.342 e. The number of ether oxygens (including phenoxy) is 2. The lowest BCUT2D eigenvalue weighted by molar-refractivity contribution is 0.0458. The molecular weight excluding hydrogens is 308 g/mol. The Bertz CT molecular complexity index is 933. The van der Waals surface area contributed by atoms with Crippen LogP contribution in [0.25, 0.3) is 10.9 Å². The van der Waals surface area contributed by atoms with Crippen molar-refractivity contribution >= 4 is 16.9 Å². The van der Waals surface area contributed by atoms with Crippen molar-refractivity contribution in [2.24, 2.45) is 0 Å². The number of nitrogens with one attached hydrogen (secondary N) is 1. The summed E-state index contributed by atoms with van der Waals surface area (Å²) in [5.41, 5.74) is 0.630. The third-order valence-corrected chi connectivity index (χ3v) is 3.41. The zero-order chi connectivity index (χ0) is 16.9. The second-order valence-electron chi connectivity index (χ2n) is 5.04. The standard InChI is InChI=1S/C18H16N2O4/c1-2-23-15-10-6-4-8-13(15)18(22)24-11-16-19-14-9-5-3-7-12(14)17(21)20-16/h3-10H,2,11H2,1H3,(H,19,20,21). The van der Waals surface area contributed by atoms with Crippen LogP contribution in [0.5, 0.6) is 5.75 Å². The van der Waals surface area contributed by atoms with Crippen LogP contribution in [-0.4, -0.2) is 22.5 Å². The van der Waals surface area contributed by atoms with Crippen molar-refractivity contribution in [2.75, 3.05) is 6.61 Å². The van der Waals surface area contributed by atoms with Gasteiger partial charge in [-0.05, 0) is 31.2 Å². The highest BCUT2D eigenvalue weighted by Gasteiger charge is 2.14. The third kappa shape index (κ3) is 3.27. The number of hydrogen-bond acceptors (Lipinski definition) is 5. The molecule has 2 aromatic carbocycles. The molecule has 0 unspecified atom stereocenters. The van der Waals surface area contributed by atoms with Gasteiger partial charge in [-0.1, -0.05) is 24.3 Å². The van der Waals surface area contributed by atoms with Gasteiger partial charge in [-0.3, -0.25) is 4.79 Å². The molecule has 0 amide bonds. The molecule has 24 heavy (non-hydrogen) atoms.